The molecule has 1 fully saturated rings. The Morgan fingerprint density at radius 1 is 0.850 bits per heavy atom. The molecular formula is C48H53N5O7. The highest BCUT2D eigenvalue weighted by atomic mass is 16.5. The van der Waals surface area contributed by atoms with E-state index in [1.807, 2.05) is 76.9 Å². The number of phenolic OH excluding ortho intramolecular Hbond substituents is 1. The number of carbonyl (C=O) groups is 3. The number of nitrogens with one attached hydrogen (secondary N) is 1. The van der Waals surface area contributed by atoms with Crippen molar-refractivity contribution in [3.8, 4) is 22.8 Å². The normalized spacial score (nSPS) is 16.6. The zero-order valence-electron chi connectivity index (χ0n) is 34.6. The number of aromatic hydroxyl groups is 1. The van der Waals surface area contributed by atoms with Crippen molar-refractivity contribution in [1.82, 2.24) is 19.3 Å². The number of ether oxygens (including phenoxy) is 3. The van der Waals surface area contributed by atoms with Crippen LogP contribution >= 0.6 is 0 Å². The van der Waals surface area contributed by atoms with Crippen molar-refractivity contribution in [3.05, 3.63) is 136 Å². The molecule has 0 aliphatic carbocycles. The van der Waals surface area contributed by atoms with Crippen molar-refractivity contribution in [2.75, 3.05) is 65.0 Å². The summed E-state index contributed by atoms with van der Waals surface area (Å²) in [5.41, 5.74) is 8.98. The third-order valence-corrected chi connectivity index (χ3v) is 12.2. The minimum absolute atomic E-state index is 0.0220. The molecule has 0 spiro atoms. The molecule has 5 aromatic rings. The van der Waals surface area contributed by atoms with Gasteiger partial charge in [0.15, 0.2) is 0 Å². The lowest BCUT2D eigenvalue weighted by molar-refractivity contribution is -0.131. The molecule has 12 heteroatoms. The third-order valence-electron chi connectivity index (χ3n) is 12.2. The van der Waals surface area contributed by atoms with Crippen LogP contribution in [0.5, 0.6) is 11.5 Å². The second-order valence-corrected chi connectivity index (χ2v) is 16.0. The molecule has 1 saturated heterocycles. The number of nitrogens with zero attached hydrogens (tertiary/aromatic N) is 4. The van der Waals surface area contributed by atoms with Gasteiger partial charge in [0.1, 0.15) is 18.1 Å². The number of hydrogen-bond acceptors (Lipinski definition) is 8. The Balaban J connectivity index is 1.06. The number of benzene rings is 4. The molecule has 2 N–H and O–H groups in total. The van der Waals surface area contributed by atoms with Gasteiger partial charge in [0, 0.05) is 81.6 Å². The quantitative estimate of drug-likeness (QED) is 0.147. The lowest BCUT2D eigenvalue weighted by atomic mass is 9.89. The lowest BCUT2D eigenvalue weighted by Crippen LogP contribution is -2.47. The minimum Gasteiger partial charge on any atom is -0.508 e. The van der Waals surface area contributed by atoms with Gasteiger partial charge in [-0.2, -0.15) is 0 Å². The standard InChI is InChI=1S/C48H53N5O7/c1-32-42(47(56)49-38-10-12-40(54)13-11-38)28-45(50(32)2)43-26-35-16-17-52(46(55)24-33-8-14-41(15-9-33)60-23-20-51-18-21-59-22-19-51)29-37(35)27-44(43)48(57)53-30-36-7-5-4-6-34(36)25-39(53)31-58-3/h4-15,26-28,39,54H,16-25,29-31H2,1-3H3,(H,49,56)/t39-/m0/s1. The number of carbonyl (C=O) groups excluding carboxylic acids is 3. The Morgan fingerprint density at radius 2 is 1.60 bits per heavy atom. The Morgan fingerprint density at radius 3 is 2.35 bits per heavy atom. The van der Waals surface area contributed by atoms with E-state index in [0.717, 1.165) is 77.8 Å². The van der Waals surface area contributed by atoms with Crippen molar-refractivity contribution in [1.29, 1.82) is 0 Å². The molecule has 4 heterocycles. The van der Waals surface area contributed by atoms with Crippen molar-refractivity contribution in [2.45, 2.75) is 45.3 Å². The van der Waals surface area contributed by atoms with Crippen LogP contribution in [0.15, 0.2) is 91.0 Å². The lowest BCUT2D eigenvalue weighted by Gasteiger charge is -2.37. The summed E-state index contributed by atoms with van der Waals surface area (Å²) in [6, 6.07) is 28.0. The van der Waals surface area contributed by atoms with Gasteiger partial charge >= 0.3 is 0 Å². The summed E-state index contributed by atoms with van der Waals surface area (Å²) in [6.07, 6.45) is 1.56. The highest BCUT2D eigenvalue weighted by molar-refractivity contribution is 6.07. The predicted octanol–water partition coefficient (Wildman–Crippen LogP) is 6.01. The summed E-state index contributed by atoms with van der Waals surface area (Å²) >= 11 is 0. The number of hydrogen-bond donors (Lipinski definition) is 2. The Bertz CT molecular complexity index is 2350. The van der Waals surface area contributed by atoms with Crippen LogP contribution in [0.1, 0.15) is 54.2 Å². The Labute approximate surface area is 351 Å². The zero-order valence-corrected chi connectivity index (χ0v) is 34.6. The molecule has 0 bridgehead atoms. The van der Waals surface area contributed by atoms with Crippen LogP contribution in [0.3, 0.4) is 0 Å². The molecule has 8 rings (SSSR count). The highest BCUT2D eigenvalue weighted by Crippen LogP contribution is 2.36. The summed E-state index contributed by atoms with van der Waals surface area (Å²) in [4.78, 5) is 48.7. The van der Waals surface area contributed by atoms with Gasteiger partial charge < -0.3 is 39.0 Å². The van der Waals surface area contributed by atoms with Gasteiger partial charge in [-0.1, -0.05) is 36.4 Å². The number of amides is 3. The molecule has 0 saturated carbocycles. The molecule has 1 aromatic heterocycles. The number of phenols is 1. The maximum absolute atomic E-state index is 15.1. The fourth-order valence-corrected chi connectivity index (χ4v) is 8.57. The summed E-state index contributed by atoms with van der Waals surface area (Å²) in [6.45, 7) is 8.44. The first-order valence-electron chi connectivity index (χ1n) is 20.7. The predicted molar refractivity (Wildman–Crippen MR) is 229 cm³/mol. The van der Waals surface area contributed by atoms with Crippen LogP contribution in [-0.4, -0.2) is 108 Å². The van der Waals surface area contributed by atoms with Crippen LogP contribution in [-0.2, 0) is 53.7 Å². The van der Waals surface area contributed by atoms with Gasteiger partial charge in [-0.25, -0.2) is 0 Å². The largest absolute Gasteiger partial charge is 0.508 e. The molecule has 4 aromatic carbocycles. The average Bonchev–Trinajstić information content (AvgIpc) is 3.57. The van der Waals surface area contributed by atoms with E-state index in [4.69, 9.17) is 14.2 Å². The van der Waals surface area contributed by atoms with Crippen LogP contribution in [0.2, 0.25) is 0 Å². The maximum Gasteiger partial charge on any atom is 0.257 e. The number of morpholine rings is 1. The second kappa shape index (κ2) is 18.1. The molecule has 0 unspecified atom stereocenters. The molecule has 60 heavy (non-hydrogen) atoms. The van der Waals surface area contributed by atoms with E-state index in [9.17, 15) is 14.7 Å². The summed E-state index contributed by atoms with van der Waals surface area (Å²) in [7, 11) is 3.57. The number of fused-ring (bicyclic) bond motifs is 2. The SMILES string of the molecule is COC[C@@H]1Cc2ccccc2CN1C(=O)c1cc2c(cc1-c1cc(C(=O)Nc3ccc(O)cc3)c(C)n1C)CCN(C(=O)Cc1ccc(OCCN3CCOCC3)cc1)C2. The smallest absolute Gasteiger partial charge is 0.257 e. The van der Waals surface area contributed by atoms with E-state index in [0.29, 0.717) is 62.5 Å². The zero-order chi connectivity index (χ0) is 41.8. The van der Waals surface area contributed by atoms with Crippen LogP contribution in [0.25, 0.3) is 11.3 Å². The molecule has 3 aliphatic rings. The van der Waals surface area contributed by atoms with Crippen LogP contribution in [0, 0.1) is 6.92 Å². The van der Waals surface area contributed by atoms with Crippen molar-refractivity contribution >= 4 is 23.4 Å². The number of anilines is 1. The Hall–Kier alpha value is -5.95. The topological polar surface area (TPSA) is 126 Å². The molecule has 3 amide bonds. The summed E-state index contributed by atoms with van der Waals surface area (Å²) in [5.74, 6) is 0.490. The molecule has 3 aliphatic heterocycles. The Kier molecular flexibility index (Phi) is 12.3. The van der Waals surface area contributed by atoms with Gasteiger partial charge in [-0.15, -0.1) is 0 Å². The molecule has 12 nitrogen and oxygen atoms in total. The number of rotatable bonds is 12. The fourth-order valence-electron chi connectivity index (χ4n) is 8.57. The van der Waals surface area contributed by atoms with Crippen molar-refractivity contribution in [3.63, 3.8) is 0 Å². The van der Waals surface area contributed by atoms with Gasteiger partial charge in [0.25, 0.3) is 11.8 Å². The van der Waals surface area contributed by atoms with Gasteiger partial charge in [-0.3, -0.25) is 19.3 Å². The number of methoxy groups -OCH3 is 1. The molecular weight excluding hydrogens is 759 g/mol. The fraction of sp³-hybridized carbons (Fsp3) is 0.354. The number of aromatic nitrogens is 1. The first-order valence-corrected chi connectivity index (χ1v) is 20.7. The van der Waals surface area contributed by atoms with E-state index in [1.54, 1.807) is 19.2 Å². The third kappa shape index (κ3) is 8.96. The molecule has 1 atom stereocenters. The van der Waals surface area contributed by atoms with Crippen LogP contribution in [0.4, 0.5) is 5.69 Å². The minimum atomic E-state index is -0.293. The van der Waals surface area contributed by atoms with E-state index < -0.39 is 0 Å². The van der Waals surface area contributed by atoms with Gasteiger partial charge in [0.2, 0.25) is 5.91 Å². The van der Waals surface area contributed by atoms with Crippen molar-refractivity contribution < 1.29 is 33.7 Å². The molecule has 0 radical (unpaired) electrons. The van der Waals surface area contributed by atoms with Crippen molar-refractivity contribution in [2.24, 2.45) is 7.05 Å². The van der Waals surface area contributed by atoms with Crippen LogP contribution < -0.4 is 10.1 Å². The van der Waals surface area contributed by atoms with Gasteiger partial charge in [0.05, 0.1) is 37.8 Å². The van der Waals surface area contributed by atoms with E-state index >= 15 is 4.79 Å². The van der Waals surface area contributed by atoms with E-state index in [-0.39, 0.29) is 35.9 Å². The molecule has 312 valence electrons. The average molecular weight is 812 g/mol. The summed E-state index contributed by atoms with van der Waals surface area (Å²) in [5, 5.41) is 12.7. The van der Waals surface area contributed by atoms with Gasteiger partial charge in [-0.05, 0) is 102 Å². The first kappa shape index (κ1) is 40.8. The maximum atomic E-state index is 15.1. The van der Waals surface area contributed by atoms with E-state index in [2.05, 4.69) is 28.4 Å². The van der Waals surface area contributed by atoms with E-state index in [1.165, 1.54) is 17.7 Å². The second-order valence-electron chi connectivity index (χ2n) is 16.0. The first-order chi connectivity index (χ1) is 29.1. The highest BCUT2D eigenvalue weighted by Gasteiger charge is 2.34. The monoisotopic (exact) mass is 811 g/mol. The summed E-state index contributed by atoms with van der Waals surface area (Å²) < 4.78 is 19.0.